The van der Waals surface area contributed by atoms with Gasteiger partial charge in [-0.3, -0.25) is 4.79 Å². The molecule has 0 spiro atoms. The molecule has 0 saturated carbocycles. The number of carbonyl (C=O) groups excluding carboxylic acids is 1. The van der Waals surface area contributed by atoms with Gasteiger partial charge in [0.2, 0.25) is 0 Å². The Morgan fingerprint density at radius 2 is 2.00 bits per heavy atom. The topological polar surface area (TPSA) is 86.2 Å². The average molecular weight is 342 g/mol. The van der Waals surface area contributed by atoms with E-state index in [9.17, 15) is 17.1 Å². The third-order valence-electron chi connectivity index (χ3n) is 2.56. The summed E-state index contributed by atoms with van der Waals surface area (Å²) in [4.78, 5) is 19.4. The largest absolute Gasteiger partial charge is 0.488 e. The number of halogens is 1. The van der Waals surface area contributed by atoms with Gasteiger partial charge in [0.25, 0.3) is 0 Å². The molecule has 0 unspecified atom stereocenters. The molecule has 9 heteroatoms. The number of benzene rings is 1. The maximum absolute atomic E-state index is 12.7. The Morgan fingerprint density at radius 3 is 2.59 bits per heavy atom. The number of ketones is 1. The zero-order valence-corrected chi connectivity index (χ0v) is 13.0. The van der Waals surface area contributed by atoms with Crippen LogP contribution in [-0.4, -0.2) is 24.2 Å². The minimum absolute atomic E-state index is 0.170. The molecule has 1 heterocycles. The lowest BCUT2D eigenvalue weighted by Crippen LogP contribution is -2.05. The van der Waals surface area contributed by atoms with Gasteiger partial charge in [-0.25, -0.2) is 9.97 Å². The Hall–Kier alpha value is -2.00. The van der Waals surface area contributed by atoms with Gasteiger partial charge >= 0.3 is 10.5 Å². The number of hydrogen-bond donors (Lipinski definition) is 0. The van der Waals surface area contributed by atoms with E-state index in [1.165, 1.54) is 36.9 Å². The van der Waals surface area contributed by atoms with Gasteiger partial charge in [-0.2, -0.15) is 8.42 Å². The second-order valence-corrected chi connectivity index (χ2v) is 6.07. The van der Waals surface area contributed by atoms with Gasteiger partial charge in [-0.15, -0.1) is 0 Å². The zero-order valence-electron chi connectivity index (χ0n) is 11.4. The Bertz CT molecular complexity index is 782. The van der Waals surface area contributed by atoms with E-state index in [0.29, 0.717) is 16.3 Å². The van der Waals surface area contributed by atoms with E-state index < -0.39 is 10.5 Å². The van der Waals surface area contributed by atoms with Crippen molar-refractivity contribution < 1.29 is 21.3 Å². The first-order chi connectivity index (χ1) is 10.3. The van der Waals surface area contributed by atoms with Crippen LogP contribution in [-0.2, 0) is 16.3 Å². The van der Waals surface area contributed by atoms with Crippen LogP contribution in [0.2, 0.25) is 0 Å². The summed E-state index contributed by atoms with van der Waals surface area (Å²) in [6.45, 7) is 1.37. The van der Waals surface area contributed by atoms with Gasteiger partial charge in [0, 0.05) is 29.3 Å². The third-order valence-corrected chi connectivity index (χ3v) is 3.86. The number of nitrogens with zero attached hydrogens (tertiary/aromatic N) is 2. The maximum atomic E-state index is 12.7. The second-order valence-electron chi connectivity index (χ2n) is 4.18. The Labute approximate surface area is 131 Å². The molecule has 0 amide bonds. The van der Waals surface area contributed by atoms with Crippen LogP contribution in [0.3, 0.4) is 0 Å². The number of carbonyl (C=O) groups is 1. The van der Waals surface area contributed by atoms with Gasteiger partial charge in [0.05, 0.1) is 0 Å². The lowest BCUT2D eigenvalue weighted by Gasteiger charge is -2.09. The van der Waals surface area contributed by atoms with Crippen molar-refractivity contribution in [1.29, 1.82) is 0 Å². The summed E-state index contributed by atoms with van der Waals surface area (Å²) in [7, 11) is -5.14. The minimum Gasteiger partial charge on any atom is -0.358 e. The molecule has 0 fully saturated rings. The van der Waals surface area contributed by atoms with Crippen LogP contribution in [0, 0.1) is 0 Å². The molecular weight excluding hydrogens is 331 g/mol. The molecule has 116 valence electrons. The van der Waals surface area contributed by atoms with Crippen molar-refractivity contribution >= 4 is 28.0 Å². The summed E-state index contributed by atoms with van der Waals surface area (Å²) in [6, 6.07) is 5.73. The van der Waals surface area contributed by atoms with Gasteiger partial charge in [0.1, 0.15) is 5.75 Å². The Kier molecular flexibility index (Phi) is 5.09. The SMILES string of the molecule is CC(=O)c1ccc(OS(=O)(=O)F)c(CSc2ncccn2)c1. The number of thioether (sulfide) groups is 1. The summed E-state index contributed by atoms with van der Waals surface area (Å²) in [5.41, 5.74) is 0.722. The molecule has 1 aromatic heterocycles. The smallest absolute Gasteiger partial charge is 0.358 e. The molecule has 0 atom stereocenters. The van der Waals surface area contributed by atoms with E-state index in [2.05, 4.69) is 14.2 Å². The predicted octanol–water partition coefficient (Wildman–Crippen LogP) is 2.56. The monoisotopic (exact) mass is 342 g/mol. The molecule has 0 aliphatic rings. The van der Waals surface area contributed by atoms with Crippen LogP contribution < -0.4 is 4.18 Å². The molecule has 2 aromatic rings. The molecule has 0 radical (unpaired) electrons. The fourth-order valence-corrected chi connectivity index (χ4v) is 2.76. The molecule has 2 rings (SSSR count). The number of hydrogen-bond acceptors (Lipinski definition) is 7. The van der Waals surface area contributed by atoms with Crippen LogP contribution in [0.15, 0.2) is 41.8 Å². The fourth-order valence-electron chi connectivity index (χ4n) is 1.60. The molecule has 22 heavy (non-hydrogen) atoms. The number of Topliss-reactive ketones (excluding diaryl/α,β-unsaturated/α-hetero) is 1. The molecule has 1 aromatic carbocycles. The quantitative estimate of drug-likeness (QED) is 0.345. The highest BCUT2D eigenvalue weighted by Crippen LogP contribution is 2.28. The van der Waals surface area contributed by atoms with Crippen molar-refractivity contribution in [2.75, 3.05) is 0 Å². The van der Waals surface area contributed by atoms with E-state index in [0.717, 1.165) is 0 Å². The van der Waals surface area contributed by atoms with E-state index >= 15 is 0 Å². The second kappa shape index (κ2) is 6.84. The number of rotatable bonds is 6. The van der Waals surface area contributed by atoms with Crippen LogP contribution in [0.4, 0.5) is 3.89 Å². The summed E-state index contributed by atoms with van der Waals surface area (Å²) >= 11 is 1.20. The first-order valence-electron chi connectivity index (χ1n) is 6.03. The van der Waals surface area contributed by atoms with Crippen LogP contribution >= 0.6 is 11.8 Å². The molecule has 0 aliphatic carbocycles. The fraction of sp³-hybridized carbons (Fsp3) is 0.154. The van der Waals surface area contributed by atoms with E-state index in [1.54, 1.807) is 18.5 Å². The van der Waals surface area contributed by atoms with E-state index in [1.807, 2.05) is 0 Å². The summed E-state index contributed by atoms with van der Waals surface area (Å²) in [6.07, 6.45) is 3.12. The molecule has 0 aliphatic heterocycles. The van der Waals surface area contributed by atoms with Gasteiger partial charge in [0.15, 0.2) is 10.9 Å². The lowest BCUT2D eigenvalue weighted by atomic mass is 10.1. The van der Waals surface area contributed by atoms with Crippen molar-refractivity contribution in [3.8, 4) is 5.75 Å². The summed E-state index contributed by atoms with van der Waals surface area (Å²) in [5.74, 6) is -0.150. The van der Waals surface area contributed by atoms with E-state index in [-0.39, 0.29) is 17.3 Å². The summed E-state index contributed by atoms with van der Waals surface area (Å²) in [5, 5.41) is 0.463. The Balaban J connectivity index is 2.28. The van der Waals surface area contributed by atoms with Crippen LogP contribution in [0.1, 0.15) is 22.8 Å². The Morgan fingerprint density at radius 1 is 1.32 bits per heavy atom. The maximum Gasteiger partial charge on any atom is 0.488 e. The highest BCUT2D eigenvalue weighted by molar-refractivity contribution is 7.98. The van der Waals surface area contributed by atoms with Crippen molar-refractivity contribution in [2.45, 2.75) is 17.8 Å². The van der Waals surface area contributed by atoms with Crippen LogP contribution in [0.25, 0.3) is 0 Å². The molecule has 0 N–H and O–H groups in total. The van der Waals surface area contributed by atoms with Crippen molar-refractivity contribution in [2.24, 2.45) is 0 Å². The zero-order chi connectivity index (χ0) is 16.2. The molecule has 6 nitrogen and oxygen atoms in total. The normalized spacial score (nSPS) is 11.2. The van der Waals surface area contributed by atoms with Crippen molar-refractivity contribution in [3.63, 3.8) is 0 Å². The first kappa shape index (κ1) is 16.4. The van der Waals surface area contributed by atoms with Crippen molar-refractivity contribution in [3.05, 3.63) is 47.8 Å². The van der Waals surface area contributed by atoms with Gasteiger partial charge in [-0.1, -0.05) is 15.6 Å². The van der Waals surface area contributed by atoms with Gasteiger partial charge < -0.3 is 4.18 Å². The highest BCUT2D eigenvalue weighted by Gasteiger charge is 2.15. The third kappa shape index (κ3) is 4.78. The predicted molar refractivity (Wildman–Crippen MR) is 78.7 cm³/mol. The standard InChI is InChI=1S/C13H11FN2O4S2/c1-9(17)10-3-4-12(20-22(14,18)19)11(7-10)8-21-13-15-5-2-6-16-13/h2-7H,8H2,1H3. The highest BCUT2D eigenvalue weighted by atomic mass is 32.3. The number of aromatic nitrogens is 2. The van der Waals surface area contributed by atoms with Crippen molar-refractivity contribution in [1.82, 2.24) is 9.97 Å². The van der Waals surface area contributed by atoms with Gasteiger partial charge in [-0.05, 0) is 31.2 Å². The van der Waals surface area contributed by atoms with E-state index in [4.69, 9.17) is 0 Å². The molecule has 0 saturated heterocycles. The first-order valence-corrected chi connectivity index (χ1v) is 8.32. The molecular formula is C13H11FN2O4S2. The van der Waals surface area contributed by atoms with Crippen LogP contribution in [0.5, 0.6) is 5.75 Å². The lowest BCUT2D eigenvalue weighted by molar-refractivity contribution is 0.101. The minimum atomic E-state index is -5.14. The average Bonchev–Trinajstić information content (AvgIpc) is 2.45. The summed E-state index contributed by atoms with van der Waals surface area (Å²) < 4.78 is 38.3. The molecule has 0 bridgehead atoms.